The monoisotopic (exact) mass is 206 g/mol. The summed E-state index contributed by atoms with van der Waals surface area (Å²) in [4.78, 5) is 0. The Morgan fingerprint density at radius 3 is 2.44 bits per heavy atom. The minimum Gasteiger partial charge on any atom is -0.0619 e. The van der Waals surface area contributed by atoms with Gasteiger partial charge in [0.05, 0.1) is 0 Å². The number of aryl methyl sites for hydroxylation is 2. The van der Waals surface area contributed by atoms with Crippen molar-refractivity contribution in [1.82, 2.24) is 0 Å². The van der Waals surface area contributed by atoms with Crippen molar-refractivity contribution >= 4 is 0 Å². The van der Waals surface area contributed by atoms with Crippen molar-refractivity contribution in [2.45, 2.75) is 25.7 Å². The van der Waals surface area contributed by atoms with Gasteiger partial charge in [-0.1, -0.05) is 36.4 Å². The molecule has 0 heterocycles. The molecule has 2 aromatic rings. The van der Waals surface area contributed by atoms with Crippen molar-refractivity contribution in [3.8, 4) is 11.1 Å². The van der Waals surface area contributed by atoms with Crippen LogP contribution in [0.2, 0.25) is 0 Å². The lowest BCUT2D eigenvalue weighted by Crippen LogP contribution is -1.87. The van der Waals surface area contributed by atoms with Crippen LogP contribution in [0.4, 0.5) is 0 Å². The van der Waals surface area contributed by atoms with E-state index in [2.05, 4.69) is 36.4 Å². The third-order valence-corrected chi connectivity index (χ3v) is 4.01. The average Bonchev–Trinajstić information content (AvgIpc) is 2.88. The van der Waals surface area contributed by atoms with Crippen molar-refractivity contribution < 1.29 is 0 Å². The Hall–Kier alpha value is -1.56. The topological polar surface area (TPSA) is 0 Å². The zero-order valence-electron chi connectivity index (χ0n) is 9.29. The van der Waals surface area contributed by atoms with Gasteiger partial charge in [0.1, 0.15) is 0 Å². The number of benzene rings is 2. The molecule has 0 fully saturated rings. The van der Waals surface area contributed by atoms with Gasteiger partial charge in [-0.25, -0.2) is 0 Å². The molecule has 0 aliphatic heterocycles. The van der Waals surface area contributed by atoms with Crippen LogP contribution < -0.4 is 0 Å². The summed E-state index contributed by atoms with van der Waals surface area (Å²) >= 11 is 0. The van der Waals surface area contributed by atoms with Gasteiger partial charge in [-0.15, -0.1) is 0 Å². The van der Waals surface area contributed by atoms with Crippen LogP contribution in [0.5, 0.6) is 0 Å². The number of fused-ring (bicyclic) bond motifs is 4. The van der Waals surface area contributed by atoms with Gasteiger partial charge in [0, 0.05) is 0 Å². The van der Waals surface area contributed by atoms with Gasteiger partial charge in [0.15, 0.2) is 0 Å². The average molecular weight is 206 g/mol. The van der Waals surface area contributed by atoms with E-state index < -0.39 is 0 Å². The Bertz CT molecular complexity index is 579. The molecule has 0 N–H and O–H groups in total. The van der Waals surface area contributed by atoms with Crippen molar-refractivity contribution in [2.24, 2.45) is 0 Å². The fourth-order valence-electron chi connectivity index (χ4n) is 3.21. The van der Waals surface area contributed by atoms with E-state index in [0.717, 1.165) is 6.42 Å². The van der Waals surface area contributed by atoms with Crippen LogP contribution in [0, 0.1) is 0 Å². The molecule has 4 rings (SSSR count). The highest BCUT2D eigenvalue weighted by molar-refractivity contribution is 5.77. The second-order valence-corrected chi connectivity index (χ2v) is 4.97. The normalized spacial score (nSPS) is 15.8. The molecule has 0 amide bonds. The Balaban J connectivity index is 1.98. The second-order valence-electron chi connectivity index (χ2n) is 4.97. The molecule has 0 saturated heterocycles. The molecule has 0 nitrogen and oxygen atoms in total. The van der Waals surface area contributed by atoms with E-state index in [9.17, 15) is 0 Å². The molecule has 0 spiro atoms. The first-order chi connectivity index (χ1) is 7.92. The number of hydrogen-bond donors (Lipinski definition) is 0. The predicted octanol–water partition coefficient (Wildman–Crippen LogP) is 3.75. The fourth-order valence-corrected chi connectivity index (χ4v) is 3.21. The highest BCUT2D eigenvalue weighted by Crippen LogP contribution is 2.39. The molecule has 0 radical (unpaired) electrons. The second kappa shape index (κ2) is 2.98. The predicted molar refractivity (Wildman–Crippen MR) is 66.7 cm³/mol. The molecule has 0 unspecified atom stereocenters. The van der Waals surface area contributed by atoms with Crippen LogP contribution in [0.3, 0.4) is 0 Å². The molecule has 78 valence electrons. The first-order valence-electron chi connectivity index (χ1n) is 6.15. The number of rotatable bonds is 0. The van der Waals surface area contributed by atoms with Gasteiger partial charge >= 0.3 is 0 Å². The van der Waals surface area contributed by atoms with Crippen LogP contribution in [-0.2, 0) is 19.3 Å². The summed E-state index contributed by atoms with van der Waals surface area (Å²) in [6.07, 6.45) is 5.06. The van der Waals surface area contributed by atoms with E-state index in [1.54, 1.807) is 16.7 Å². The third kappa shape index (κ3) is 1.05. The van der Waals surface area contributed by atoms with Crippen molar-refractivity contribution in [3.05, 3.63) is 58.7 Å². The lowest BCUT2D eigenvalue weighted by Gasteiger charge is -2.05. The lowest BCUT2D eigenvalue weighted by molar-refractivity contribution is 0.911. The minimum atomic E-state index is 1.14. The van der Waals surface area contributed by atoms with Gasteiger partial charge in [-0.3, -0.25) is 0 Å². The van der Waals surface area contributed by atoms with E-state index in [0.29, 0.717) is 0 Å². The van der Waals surface area contributed by atoms with Crippen LogP contribution >= 0.6 is 0 Å². The van der Waals surface area contributed by atoms with E-state index in [1.165, 1.54) is 36.0 Å². The molecule has 0 saturated carbocycles. The summed E-state index contributed by atoms with van der Waals surface area (Å²) in [6, 6.07) is 13.7. The summed E-state index contributed by atoms with van der Waals surface area (Å²) < 4.78 is 0. The van der Waals surface area contributed by atoms with Crippen LogP contribution in [0.1, 0.15) is 28.7 Å². The minimum absolute atomic E-state index is 1.14. The zero-order valence-corrected chi connectivity index (χ0v) is 9.29. The molecule has 2 aliphatic carbocycles. The molecular formula is C16H14. The Morgan fingerprint density at radius 1 is 0.688 bits per heavy atom. The van der Waals surface area contributed by atoms with Gasteiger partial charge in [-0.2, -0.15) is 0 Å². The van der Waals surface area contributed by atoms with E-state index in [-0.39, 0.29) is 0 Å². The largest absolute Gasteiger partial charge is 0.0619 e. The SMILES string of the molecule is c1ccc2c(c1)Cc1cc3c(cc1-2)CCC3. The summed E-state index contributed by atoms with van der Waals surface area (Å²) in [5, 5.41) is 0. The highest BCUT2D eigenvalue weighted by atomic mass is 14.3. The van der Waals surface area contributed by atoms with Crippen LogP contribution in [0.15, 0.2) is 36.4 Å². The van der Waals surface area contributed by atoms with E-state index in [1.807, 2.05) is 0 Å². The van der Waals surface area contributed by atoms with Crippen molar-refractivity contribution in [3.63, 3.8) is 0 Å². The van der Waals surface area contributed by atoms with Crippen molar-refractivity contribution in [1.29, 1.82) is 0 Å². The lowest BCUT2D eigenvalue weighted by atomic mass is 10.00. The Labute approximate surface area is 95.9 Å². The molecule has 2 aromatic carbocycles. The molecule has 0 aromatic heterocycles. The standard InChI is InChI=1S/C16H14/c1-2-7-15-13(4-1)9-14-8-11-5-3-6-12(11)10-16(14)15/h1-2,4,7-8,10H,3,5-6,9H2. The third-order valence-electron chi connectivity index (χ3n) is 4.01. The maximum absolute atomic E-state index is 2.46. The first-order valence-corrected chi connectivity index (χ1v) is 6.15. The first kappa shape index (κ1) is 8.58. The highest BCUT2D eigenvalue weighted by Gasteiger charge is 2.21. The molecule has 16 heavy (non-hydrogen) atoms. The maximum atomic E-state index is 2.46. The zero-order chi connectivity index (χ0) is 10.5. The van der Waals surface area contributed by atoms with Crippen molar-refractivity contribution in [2.75, 3.05) is 0 Å². The summed E-state index contributed by atoms with van der Waals surface area (Å²) in [7, 11) is 0. The molecule has 0 atom stereocenters. The molecular weight excluding hydrogens is 192 g/mol. The van der Waals surface area contributed by atoms with E-state index in [4.69, 9.17) is 0 Å². The summed E-state index contributed by atoms with van der Waals surface area (Å²) in [6.45, 7) is 0. The van der Waals surface area contributed by atoms with Crippen LogP contribution in [-0.4, -0.2) is 0 Å². The van der Waals surface area contributed by atoms with Gasteiger partial charge in [0.2, 0.25) is 0 Å². The number of hydrogen-bond acceptors (Lipinski definition) is 0. The fraction of sp³-hybridized carbons (Fsp3) is 0.250. The Kier molecular flexibility index (Phi) is 1.59. The quantitative estimate of drug-likeness (QED) is 0.525. The van der Waals surface area contributed by atoms with E-state index >= 15 is 0 Å². The molecule has 0 heteroatoms. The maximum Gasteiger partial charge on any atom is -0.00134 e. The van der Waals surface area contributed by atoms with Gasteiger partial charge in [0.25, 0.3) is 0 Å². The van der Waals surface area contributed by atoms with Gasteiger partial charge in [-0.05, 0) is 59.1 Å². The van der Waals surface area contributed by atoms with Crippen LogP contribution in [0.25, 0.3) is 11.1 Å². The summed E-state index contributed by atoms with van der Waals surface area (Å²) in [5.74, 6) is 0. The molecule has 2 aliphatic rings. The van der Waals surface area contributed by atoms with Gasteiger partial charge < -0.3 is 0 Å². The molecule has 0 bridgehead atoms. The smallest absolute Gasteiger partial charge is 0.00134 e. The Morgan fingerprint density at radius 2 is 1.50 bits per heavy atom. The summed E-state index contributed by atoms with van der Waals surface area (Å²) in [5.41, 5.74) is 9.20.